The lowest BCUT2D eigenvalue weighted by atomic mass is 10.1. The minimum absolute atomic E-state index is 0.182. The van der Waals surface area contributed by atoms with Crippen molar-refractivity contribution in [2.75, 3.05) is 7.11 Å². The summed E-state index contributed by atoms with van der Waals surface area (Å²) in [5.41, 5.74) is -0.533. The number of hydrogen-bond acceptors (Lipinski definition) is 2. The van der Waals surface area contributed by atoms with Crippen LogP contribution in [0.2, 0.25) is 0 Å². The monoisotopic (exact) mass is 296 g/mol. The maximum Gasteiger partial charge on any atom is 0.416 e. The largest absolute Gasteiger partial charge is 0.469 e. The Kier molecular flexibility index (Phi) is 3.96. The van der Waals surface area contributed by atoms with Crippen LogP contribution in [0.4, 0.5) is 13.2 Å². The lowest BCUT2D eigenvalue weighted by Gasteiger charge is -2.09. The molecule has 6 heteroatoms. The van der Waals surface area contributed by atoms with Gasteiger partial charge in [0.1, 0.15) is 0 Å². The molecular weight excluding hydrogens is 289 g/mol. The van der Waals surface area contributed by atoms with Crippen molar-refractivity contribution in [3.05, 3.63) is 33.8 Å². The van der Waals surface area contributed by atoms with Crippen molar-refractivity contribution in [2.45, 2.75) is 12.6 Å². The summed E-state index contributed by atoms with van der Waals surface area (Å²) in [5, 5.41) is 0. The number of carbonyl (C=O) groups excluding carboxylic acids is 1. The van der Waals surface area contributed by atoms with E-state index >= 15 is 0 Å². The predicted octanol–water partition coefficient (Wildman–Crippen LogP) is 3.18. The van der Waals surface area contributed by atoms with Crippen LogP contribution >= 0.6 is 15.9 Å². The van der Waals surface area contributed by atoms with Crippen LogP contribution in [0.25, 0.3) is 0 Å². The fourth-order valence-electron chi connectivity index (χ4n) is 1.15. The van der Waals surface area contributed by atoms with E-state index < -0.39 is 17.7 Å². The summed E-state index contributed by atoms with van der Waals surface area (Å²) in [5.74, 6) is -0.578. The van der Waals surface area contributed by atoms with Crippen molar-refractivity contribution in [3.8, 4) is 0 Å². The molecule has 0 aliphatic carbocycles. The first-order valence-electron chi connectivity index (χ1n) is 4.26. The average Bonchev–Trinajstić information content (AvgIpc) is 2.15. The second kappa shape index (κ2) is 4.86. The fourth-order valence-corrected chi connectivity index (χ4v) is 1.70. The normalized spacial score (nSPS) is 11.3. The molecule has 0 saturated heterocycles. The zero-order chi connectivity index (χ0) is 12.3. The molecule has 0 unspecified atom stereocenters. The maximum atomic E-state index is 12.4. The zero-order valence-corrected chi connectivity index (χ0v) is 9.85. The number of carbonyl (C=O) groups is 1. The van der Waals surface area contributed by atoms with E-state index in [9.17, 15) is 18.0 Å². The number of esters is 1. The molecule has 0 bridgehead atoms. The Morgan fingerprint density at radius 2 is 2.00 bits per heavy atom. The van der Waals surface area contributed by atoms with E-state index in [0.717, 1.165) is 12.1 Å². The third-order valence-corrected chi connectivity index (χ3v) is 2.32. The highest BCUT2D eigenvalue weighted by atomic mass is 79.9. The van der Waals surface area contributed by atoms with Crippen LogP contribution in [-0.2, 0) is 22.1 Å². The minimum atomic E-state index is -4.42. The highest BCUT2D eigenvalue weighted by Crippen LogP contribution is 2.32. The van der Waals surface area contributed by atoms with Gasteiger partial charge >= 0.3 is 12.1 Å². The van der Waals surface area contributed by atoms with Gasteiger partial charge in [-0.15, -0.1) is 0 Å². The molecule has 1 aromatic carbocycles. The summed E-state index contributed by atoms with van der Waals surface area (Å²) >= 11 is 2.97. The van der Waals surface area contributed by atoms with E-state index in [1.807, 2.05) is 0 Å². The topological polar surface area (TPSA) is 26.3 Å². The summed E-state index contributed by atoms with van der Waals surface area (Å²) in [6.45, 7) is 0. The number of methoxy groups -OCH3 is 1. The third-order valence-electron chi connectivity index (χ3n) is 1.86. The Labute approximate surface area is 98.5 Å². The Morgan fingerprint density at radius 1 is 1.38 bits per heavy atom. The highest BCUT2D eigenvalue weighted by molar-refractivity contribution is 9.10. The van der Waals surface area contributed by atoms with Gasteiger partial charge in [0.15, 0.2) is 0 Å². The van der Waals surface area contributed by atoms with Crippen molar-refractivity contribution in [1.82, 2.24) is 0 Å². The molecule has 0 aliphatic heterocycles. The molecule has 0 aliphatic rings. The first-order chi connectivity index (χ1) is 7.32. The first kappa shape index (κ1) is 13.0. The fraction of sp³-hybridized carbons (Fsp3) is 0.300. The van der Waals surface area contributed by atoms with Gasteiger partial charge in [-0.25, -0.2) is 0 Å². The van der Waals surface area contributed by atoms with Crippen molar-refractivity contribution in [1.29, 1.82) is 0 Å². The quantitative estimate of drug-likeness (QED) is 0.784. The van der Waals surface area contributed by atoms with Crippen molar-refractivity contribution in [2.24, 2.45) is 0 Å². The van der Waals surface area contributed by atoms with Gasteiger partial charge in [-0.1, -0.05) is 15.9 Å². The number of alkyl halides is 3. The summed E-state index contributed by atoms with van der Waals surface area (Å²) < 4.78 is 42.0. The van der Waals surface area contributed by atoms with E-state index in [-0.39, 0.29) is 16.5 Å². The summed E-state index contributed by atoms with van der Waals surface area (Å²) in [6, 6.07) is 3.34. The summed E-state index contributed by atoms with van der Waals surface area (Å²) in [6.07, 6.45) is -4.60. The number of benzene rings is 1. The first-order valence-corrected chi connectivity index (χ1v) is 5.05. The number of rotatable bonds is 2. The standard InChI is InChI=1S/C10H8BrF3O2/c1-16-9(15)4-6-2-7(10(12,13)14)5-8(11)3-6/h2-3,5H,4H2,1H3. The molecule has 2 nitrogen and oxygen atoms in total. The van der Waals surface area contributed by atoms with Crippen LogP contribution in [0, 0.1) is 0 Å². The number of hydrogen-bond donors (Lipinski definition) is 0. The molecule has 0 atom stereocenters. The van der Waals surface area contributed by atoms with E-state index in [0.29, 0.717) is 0 Å². The molecule has 0 aromatic heterocycles. The van der Waals surface area contributed by atoms with Gasteiger partial charge in [-0.3, -0.25) is 4.79 Å². The van der Waals surface area contributed by atoms with Crippen molar-refractivity contribution < 1.29 is 22.7 Å². The predicted molar refractivity (Wildman–Crippen MR) is 54.9 cm³/mol. The SMILES string of the molecule is COC(=O)Cc1cc(Br)cc(C(F)(F)F)c1. The average molecular weight is 297 g/mol. The number of halogens is 4. The lowest BCUT2D eigenvalue weighted by Crippen LogP contribution is -2.08. The molecule has 16 heavy (non-hydrogen) atoms. The molecule has 0 spiro atoms. The summed E-state index contributed by atoms with van der Waals surface area (Å²) in [7, 11) is 1.19. The Hall–Kier alpha value is -1.04. The minimum Gasteiger partial charge on any atom is -0.469 e. The Bertz CT molecular complexity index is 402. The van der Waals surface area contributed by atoms with Crippen molar-refractivity contribution in [3.63, 3.8) is 0 Å². The van der Waals surface area contributed by atoms with Gasteiger partial charge in [0.25, 0.3) is 0 Å². The van der Waals surface area contributed by atoms with E-state index in [2.05, 4.69) is 20.7 Å². The van der Waals surface area contributed by atoms with E-state index in [1.165, 1.54) is 13.2 Å². The molecule has 0 fully saturated rings. The molecule has 0 N–H and O–H groups in total. The molecule has 0 saturated carbocycles. The second-order valence-corrected chi connectivity index (χ2v) is 4.01. The van der Waals surface area contributed by atoms with E-state index in [1.54, 1.807) is 0 Å². The zero-order valence-electron chi connectivity index (χ0n) is 8.27. The van der Waals surface area contributed by atoms with Crippen LogP contribution < -0.4 is 0 Å². The lowest BCUT2D eigenvalue weighted by molar-refractivity contribution is -0.140. The molecular formula is C10H8BrF3O2. The molecule has 1 rings (SSSR count). The van der Waals surface area contributed by atoms with Crippen LogP contribution in [0.1, 0.15) is 11.1 Å². The third kappa shape index (κ3) is 3.52. The van der Waals surface area contributed by atoms with Crippen LogP contribution in [0.3, 0.4) is 0 Å². The van der Waals surface area contributed by atoms with Gasteiger partial charge < -0.3 is 4.74 Å². The molecule has 0 radical (unpaired) electrons. The van der Waals surface area contributed by atoms with Crippen LogP contribution in [0.15, 0.2) is 22.7 Å². The molecule has 0 heterocycles. The molecule has 88 valence electrons. The smallest absolute Gasteiger partial charge is 0.416 e. The van der Waals surface area contributed by atoms with Gasteiger partial charge in [-0.2, -0.15) is 13.2 Å². The highest BCUT2D eigenvalue weighted by Gasteiger charge is 2.31. The molecule has 0 amide bonds. The molecule has 1 aromatic rings. The van der Waals surface area contributed by atoms with Gasteiger partial charge in [0.2, 0.25) is 0 Å². The van der Waals surface area contributed by atoms with Gasteiger partial charge in [0.05, 0.1) is 19.1 Å². The van der Waals surface area contributed by atoms with Crippen molar-refractivity contribution >= 4 is 21.9 Å². The van der Waals surface area contributed by atoms with E-state index in [4.69, 9.17) is 0 Å². The van der Waals surface area contributed by atoms with Gasteiger partial charge in [-0.05, 0) is 23.8 Å². The second-order valence-electron chi connectivity index (χ2n) is 3.10. The van der Waals surface area contributed by atoms with Crippen LogP contribution in [0.5, 0.6) is 0 Å². The Morgan fingerprint density at radius 3 is 2.50 bits per heavy atom. The maximum absolute atomic E-state index is 12.4. The summed E-state index contributed by atoms with van der Waals surface area (Å²) in [4.78, 5) is 10.9. The number of ether oxygens (including phenoxy) is 1. The van der Waals surface area contributed by atoms with Gasteiger partial charge in [0, 0.05) is 4.47 Å². The Balaban J connectivity index is 3.04. The van der Waals surface area contributed by atoms with Crippen LogP contribution in [-0.4, -0.2) is 13.1 Å².